The van der Waals surface area contributed by atoms with E-state index >= 15 is 0 Å². The number of thioether (sulfide) groups is 1. The van der Waals surface area contributed by atoms with Gasteiger partial charge in [-0.05, 0) is 62.8 Å². The van der Waals surface area contributed by atoms with E-state index in [2.05, 4.69) is 20.1 Å². The molecule has 3 aliphatic rings. The summed E-state index contributed by atoms with van der Waals surface area (Å²) in [6.45, 7) is 11.6. The number of allylic oxidation sites excluding steroid dienone is 1. The Bertz CT molecular complexity index is 1080. The van der Waals surface area contributed by atoms with Crippen LogP contribution in [0.15, 0.2) is 49.6 Å². The van der Waals surface area contributed by atoms with Gasteiger partial charge in [-0.15, -0.1) is 24.9 Å². The number of likely N-dealkylation sites (tertiary alicyclic amines) is 1. The van der Waals surface area contributed by atoms with Gasteiger partial charge in [-0.25, -0.2) is 0 Å². The Labute approximate surface area is 234 Å². The first-order chi connectivity index (χ1) is 18.2. The second kappa shape index (κ2) is 11.8. The number of hydrogen-bond donors (Lipinski definition) is 1. The lowest BCUT2D eigenvalue weighted by atomic mass is 9.66. The number of aliphatic hydroxyl groups is 1. The average molecular weight is 561 g/mol. The predicted molar refractivity (Wildman–Crippen MR) is 151 cm³/mol. The molecule has 0 aliphatic carbocycles. The highest BCUT2D eigenvalue weighted by molar-refractivity contribution is 8.02. The first kappa shape index (κ1) is 28.7. The van der Waals surface area contributed by atoms with Crippen LogP contribution in [0.4, 0.5) is 5.69 Å². The van der Waals surface area contributed by atoms with Crippen LogP contribution in [0.1, 0.15) is 39.5 Å². The molecule has 3 fully saturated rings. The molecule has 1 spiro atoms. The van der Waals surface area contributed by atoms with E-state index in [-0.39, 0.29) is 42.1 Å². The van der Waals surface area contributed by atoms with Gasteiger partial charge in [0.05, 0.1) is 35.8 Å². The van der Waals surface area contributed by atoms with E-state index in [9.17, 15) is 19.5 Å². The number of benzene rings is 1. The summed E-state index contributed by atoms with van der Waals surface area (Å²) in [7, 11) is 0. The summed E-state index contributed by atoms with van der Waals surface area (Å²) in [6.07, 6.45) is 6.67. The third kappa shape index (κ3) is 4.80. The Balaban J connectivity index is 1.71. The van der Waals surface area contributed by atoms with Gasteiger partial charge in [-0.1, -0.05) is 30.7 Å². The highest BCUT2D eigenvalue weighted by atomic mass is 35.5. The number of carbonyl (C=O) groups excluding carboxylic acids is 3. The third-order valence-corrected chi connectivity index (χ3v) is 10.5. The quantitative estimate of drug-likeness (QED) is 0.230. The zero-order valence-corrected chi connectivity index (χ0v) is 23.6. The molecule has 0 aromatic heterocycles. The van der Waals surface area contributed by atoms with E-state index in [0.717, 1.165) is 25.7 Å². The van der Waals surface area contributed by atoms with Gasteiger partial charge in [-0.2, -0.15) is 0 Å². The number of nitrogens with zero attached hydrogens (tertiary/aromatic N) is 2. The topological polar surface area (TPSA) is 87.1 Å². The number of aliphatic hydroxyl groups excluding tert-OH is 1. The Morgan fingerprint density at radius 1 is 1.29 bits per heavy atom. The molecule has 206 valence electrons. The van der Waals surface area contributed by atoms with Gasteiger partial charge >= 0.3 is 5.97 Å². The zero-order chi connectivity index (χ0) is 27.6. The summed E-state index contributed by atoms with van der Waals surface area (Å²) in [6, 6.07) is 5.54. The number of rotatable bonds is 12. The largest absolute Gasteiger partial charge is 0.465 e. The van der Waals surface area contributed by atoms with Crippen molar-refractivity contribution >= 4 is 46.8 Å². The monoisotopic (exact) mass is 560 g/mol. The molecule has 0 saturated carbocycles. The molecule has 7 nitrogen and oxygen atoms in total. The summed E-state index contributed by atoms with van der Waals surface area (Å²) < 4.78 is 4.88. The second-order valence-electron chi connectivity index (χ2n) is 10.5. The number of carbonyl (C=O) groups is 3. The van der Waals surface area contributed by atoms with Crippen LogP contribution in [-0.2, 0) is 19.1 Å². The maximum Gasteiger partial charge on any atom is 0.310 e. The fourth-order valence-corrected chi connectivity index (χ4v) is 8.97. The van der Waals surface area contributed by atoms with Gasteiger partial charge < -0.3 is 19.6 Å². The van der Waals surface area contributed by atoms with Gasteiger partial charge in [0, 0.05) is 22.5 Å². The molecule has 3 saturated heterocycles. The predicted octanol–water partition coefficient (Wildman–Crippen LogP) is 4.48. The molecule has 1 N–H and O–H groups in total. The Morgan fingerprint density at radius 3 is 2.63 bits per heavy atom. The second-order valence-corrected chi connectivity index (χ2v) is 12.5. The van der Waals surface area contributed by atoms with E-state index in [0.29, 0.717) is 17.3 Å². The molecule has 4 rings (SSSR count). The molecule has 1 aromatic rings. The highest BCUT2D eigenvalue weighted by Gasteiger charge is 2.77. The molecule has 2 amide bonds. The van der Waals surface area contributed by atoms with Crippen molar-refractivity contribution in [2.75, 3.05) is 24.7 Å². The summed E-state index contributed by atoms with van der Waals surface area (Å²) in [5.74, 6) is -2.14. The van der Waals surface area contributed by atoms with Crippen LogP contribution in [0.2, 0.25) is 5.02 Å². The third-order valence-electron chi connectivity index (χ3n) is 8.19. The van der Waals surface area contributed by atoms with Crippen LogP contribution < -0.4 is 4.90 Å². The van der Waals surface area contributed by atoms with Crippen LogP contribution in [-0.4, -0.2) is 69.6 Å². The minimum Gasteiger partial charge on any atom is -0.465 e. The van der Waals surface area contributed by atoms with Gasteiger partial charge in [0.25, 0.3) is 5.91 Å². The van der Waals surface area contributed by atoms with Crippen LogP contribution >= 0.6 is 23.4 Å². The van der Waals surface area contributed by atoms with E-state index in [1.165, 1.54) is 4.90 Å². The van der Waals surface area contributed by atoms with Crippen LogP contribution in [0.5, 0.6) is 0 Å². The molecule has 1 aromatic carbocycles. The molecular weight excluding hydrogens is 524 g/mol. The number of anilines is 1. The van der Waals surface area contributed by atoms with E-state index in [1.54, 1.807) is 53.9 Å². The van der Waals surface area contributed by atoms with Crippen molar-refractivity contribution in [1.29, 1.82) is 0 Å². The number of hydrogen-bond acceptors (Lipinski definition) is 6. The van der Waals surface area contributed by atoms with Crippen molar-refractivity contribution in [2.45, 2.75) is 61.6 Å². The van der Waals surface area contributed by atoms with Crippen molar-refractivity contribution in [1.82, 2.24) is 4.90 Å². The van der Waals surface area contributed by atoms with Crippen molar-refractivity contribution < 1.29 is 24.2 Å². The molecule has 38 heavy (non-hydrogen) atoms. The molecule has 3 unspecified atom stereocenters. The first-order valence-electron chi connectivity index (χ1n) is 13.3. The molecule has 2 bridgehead atoms. The Hall–Kier alpha value is -2.29. The Morgan fingerprint density at radius 2 is 2.00 bits per heavy atom. The van der Waals surface area contributed by atoms with Crippen molar-refractivity contribution in [3.05, 3.63) is 54.6 Å². The summed E-state index contributed by atoms with van der Waals surface area (Å²) in [5, 5.41) is 10.6. The van der Waals surface area contributed by atoms with Crippen molar-refractivity contribution in [3.63, 3.8) is 0 Å². The number of unbranched alkanes of at least 4 members (excludes halogenated alkanes) is 2. The van der Waals surface area contributed by atoms with E-state index in [4.69, 9.17) is 16.3 Å². The molecule has 7 atom stereocenters. The number of ether oxygens (including phenoxy) is 1. The maximum absolute atomic E-state index is 14.4. The standard InChI is InChI=1S/C29H37ClN2O5S/c1-5-7-8-9-15-37-28(36)23-22-16-18(3)29(38-22)24(23)26(34)32(19(4)17-33)25(29)27(35)31(14-6-2)21-12-10-20(30)11-13-21/h5-6,10-13,18-19,22-25,33H,1-2,7-9,14-17H2,3-4H3/t18?,19-,22-,23+,24+,25?,29?/m1/s1. The lowest BCUT2D eigenvalue weighted by molar-refractivity contribution is -0.155. The number of esters is 1. The number of halogens is 1. The normalized spacial score (nSPS) is 30.2. The minimum atomic E-state index is -0.840. The van der Waals surface area contributed by atoms with Gasteiger partial charge in [0.2, 0.25) is 5.91 Å². The average Bonchev–Trinajstić information content (AvgIpc) is 3.50. The maximum atomic E-state index is 14.4. The van der Waals surface area contributed by atoms with Crippen LogP contribution in [0, 0.1) is 17.8 Å². The van der Waals surface area contributed by atoms with Crippen molar-refractivity contribution in [3.8, 4) is 0 Å². The molecule has 3 heterocycles. The summed E-state index contributed by atoms with van der Waals surface area (Å²) in [5.41, 5.74) is 0.642. The molecule has 0 radical (unpaired) electrons. The number of amides is 2. The summed E-state index contributed by atoms with van der Waals surface area (Å²) in [4.78, 5) is 45.1. The van der Waals surface area contributed by atoms with Crippen molar-refractivity contribution in [2.24, 2.45) is 17.8 Å². The van der Waals surface area contributed by atoms with Gasteiger partial charge in [-0.3, -0.25) is 14.4 Å². The minimum absolute atomic E-state index is 0.0173. The molecular formula is C29H37ClN2O5S. The molecule has 3 aliphatic heterocycles. The fraction of sp³-hybridized carbons (Fsp3) is 0.552. The lowest BCUT2D eigenvalue weighted by Crippen LogP contribution is -2.59. The van der Waals surface area contributed by atoms with Crippen LogP contribution in [0.25, 0.3) is 0 Å². The number of fused-ring (bicyclic) bond motifs is 1. The SMILES string of the molecule is C=CCCCCOC(=O)[C@@H]1[C@H]2C(=O)N([C@H](C)CO)C(C(=O)N(CC=C)c3ccc(Cl)cc3)C23S[C@@H]1CC3C. The highest BCUT2D eigenvalue weighted by Crippen LogP contribution is 2.69. The van der Waals surface area contributed by atoms with Crippen LogP contribution in [0.3, 0.4) is 0 Å². The van der Waals surface area contributed by atoms with Gasteiger partial charge in [0.1, 0.15) is 6.04 Å². The zero-order valence-electron chi connectivity index (χ0n) is 22.1. The Kier molecular flexibility index (Phi) is 8.95. The smallest absolute Gasteiger partial charge is 0.310 e. The first-order valence-corrected chi connectivity index (χ1v) is 14.5. The summed E-state index contributed by atoms with van der Waals surface area (Å²) >= 11 is 7.69. The van der Waals surface area contributed by atoms with E-state index in [1.807, 2.05) is 6.08 Å². The lowest BCUT2D eigenvalue weighted by Gasteiger charge is -2.41. The fourth-order valence-electron chi connectivity index (χ4n) is 6.45. The molecule has 9 heteroatoms. The van der Waals surface area contributed by atoms with Gasteiger partial charge in [0.15, 0.2) is 0 Å². The van der Waals surface area contributed by atoms with E-state index < -0.39 is 28.7 Å².